The molecule has 2 aliphatic rings. The highest BCUT2D eigenvalue weighted by atomic mass is 35.5. The lowest BCUT2D eigenvalue weighted by Gasteiger charge is -2.27. The van der Waals surface area contributed by atoms with E-state index in [0.717, 1.165) is 56.0 Å². The van der Waals surface area contributed by atoms with Crippen LogP contribution in [0.15, 0.2) is 41.3 Å². The third-order valence-electron chi connectivity index (χ3n) is 7.28. The van der Waals surface area contributed by atoms with Crippen molar-refractivity contribution in [2.45, 2.75) is 59.1 Å². The van der Waals surface area contributed by atoms with E-state index in [4.69, 9.17) is 21.3 Å². The Morgan fingerprint density at radius 3 is 2.38 bits per heavy atom. The molecular weight excluding hydrogens is 490 g/mol. The molecule has 5 rings (SSSR count). The number of carbonyl (C=O) groups is 1. The van der Waals surface area contributed by atoms with E-state index in [1.165, 1.54) is 0 Å². The number of nitrogens with zero attached hydrogens (tertiary/aromatic N) is 5. The van der Waals surface area contributed by atoms with Gasteiger partial charge in [-0.3, -0.25) is 13.8 Å². The number of ether oxygens (including phenoxy) is 1. The molecule has 0 radical (unpaired) electrons. The van der Waals surface area contributed by atoms with Crippen LogP contribution in [0.4, 0.5) is 10.6 Å². The van der Waals surface area contributed by atoms with Crippen LogP contribution in [0, 0.1) is 11.8 Å². The molecule has 2 aliphatic heterocycles. The largest absolute Gasteiger partial charge is 0.444 e. The Morgan fingerprint density at radius 2 is 1.76 bits per heavy atom. The fourth-order valence-electron chi connectivity index (χ4n) is 5.50. The van der Waals surface area contributed by atoms with Gasteiger partial charge in [-0.2, -0.15) is 0 Å². The molecule has 4 heterocycles. The summed E-state index contributed by atoms with van der Waals surface area (Å²) in [4.78, 5) is 34.9. The van der Waals surface area contributed by atoms with Gasteiger partial charge in [0.1, 0.15) is 11.4 Å². The summed E-state index contributed by atoms with van der Waals surface area (Å²) in [5.74, 6) is 2.29. The molecule has 198 valence electrons. The summed E-state index contributed by atoms with van der Waals surface area (Å²) in [5, 5.41) is 0.666. The van der Waals surface area contributed by atoms with Crippen molar-refractivity contribution < 1.29 is 9.53 Å². The van der Waals surface area contributed by atoms with Crippen molar-refractivity contribution in [1.29, 1.82) is 0 Å². The Labute approximate surface area is 222 Å². The van der Waals surface area contributed by atoms with Crippen LogP contribution in [0.3, 0.4) is 0 Å². The van der Waals surface area contributed by atoms with Gasteiger partial charge in [0.15, 0.2) is 0 Å². The smallest absolute Gasteiger partial charge is 0.410 e. The maximum Gasteiger partial charge on any atom is 0.410 e. The second-order valence-corrected chi connectivity index (χ2v) is 11.7. The van der Waals surface area contributed by atoms with E-state index < -0.39 is 5.60 Å². The molecule has 0 bridgehead atoms. The van der Waals surface area contributed by atoms with E-state index in [-0.39, 0.29) is 11.7 Å². The van der Waals surface area contributed by atoms with E-state index in [0.29, 0.717) is 35.7 Å². The van der Waals surface area contributed by atoms with Crippen molar-refractivity contribution in [3.05, 3.63) is 51.9 Å². The number of hydrogen-bond acceptors (Lipinski definition) is 5. The van der Waals surface area contributed by atoms with Crippen LogP contribution in [0.2, 0.25) is 5.02 Å². The zero-order valence-electron chi connectivity index (χ0n) is 22.1. The molecule has 37 heavy (non-hydrogen) atoms. The van der Waals surface area contributed by atoms with E-state index in [1.54, 1.807) is 10.5 Å². The first-order valence-electron chi connectivity index (χ1n) is 13.2. The van der Waals surface area contributed by atoms with Gasteiger partial charge in [0, 0.05) is 67.4 Å². The summed E-state index contributed by atoms with van der Waals surface area (Å²) in [6.45, 7) is 11.6. The number of likely N-dealkylation sites (tertiary alicyclic amines) is 1. The Balaban J connectivity index is 1.43. The van der Waals surface area contributed by atoms with Gasteiger partial charge in [0.25, 0.3) is 5.56 Å². The number of hydrogen-bond donors (Lipinski definition) is 0. The normalized spacial score (nSPS) is 19.6. The van der Waals surface area contributed by atoms with Crippen LogP contribution in [0.1, 0.15) is 47.0 Å². The Bertz CT molecular complexity index is 1330. The van der Waals surface area contributed by atoms with Crippen LogP contribution in [0.25, 0.3) is 17.0 Å². The quantitative estimate of drug-likeness (QED) is 0.408. The molecule has 2 fully saturated rings. The second kappa shape index (κ2) is 10.0. The predicted octanol–water partition coefficient (Wildman–Crippen LogP) is 5.31. The molecule has 0 spiro atoms. The number of imidazole rings is 1. The van der Waals surface area contributed by atoms with Gasteiger partial charge in [-0.05, 0) is 39.3 Å². The molecule has 0 saturated carbocycles. The van der Waals surface area contributed by atoms with E-state index in [1.807, 2.05) is 56.1 Å². The average Bonchev–Trinajstić information content (AvgIpc) is 3.53. The standard InChI is InChI=1S/C28H36ClN5O3/c1-5-6-7-12-33-24(31-14-20-16-32(17-21(20)15-31)27(36)37-28(2,3)4)13-25(35)34-18-23(30-26(33)34)19-8-10-22(29)11-9-19/h8-11,13,18,20-21H,5-7,12,14-17H2,1-4H3. The highest BCUT2D eigenvalue weighted by molar-refractivity contribution is 6.30. The number of unbranched alkanes of at least 4 members (excludes halogenated alkanes) is 2. The minimum Gasteiger partial charge on any atom is -0.444 e. The summed E-state index contributed by atoms with van der Waals surface area (Å²) < 4.78 is 9.44. The monoisotopic (exact) mass is 525 g/mol. The molecule has 1 aromatic carbocycles. The van der Waals surface area contributed by atoms with Gasteiger partial charge in [-0.25, -0.2) is 9.78 Å². The zero-order valence-corrected chi connectivity index (χ0v) is 22.9. The third kappa shape index (κ3) is 5.35. The highest BCUT2D eigenvalue weighted by Crippen LogP contribution is 2.35. The van der Waals surface area contributed by atoms with Gasteiger partial charge in [0.2, 0.25) is 5.78 Å². The Kier molecular flexibility index (Phi) is 6.96. The van der Waals surface area contributed by atoms with Gasteiger partial charge in [-0.15, -0.1) is 0 Å². The molecule has 1 amide bonds. The van der Waals surface area contributed by atoms with Crippen LogP contribution in [0.5, 0.6) is 0 Å². The van der Waals surface area contributed by atoms with Crippen molar-refractivity contribution >= 4 is 29.3 Å². The molecule has 9 heteroatoms. The van der Waals surface area contributed by atoms with Crippen molar-refractivity contribution in [2.24, 2.45) is 11.8 Å². The fraction of sp³-hybridized carbons (Fsp3) is 0.536. The first kappa shape index (κ1) is 25.6. The first-order chi connectivity index (χ1) is 17.6. The van der Waals surface area contributed by atoms with Gasteiger partial charge >= 0.3 is 6.09 Å². The lowest BCUT2D eigenvalue weighted by atomic mass is 10.0. The first-order valence-corrected chi connectivity index (χ1v) is 13.6. The van der Waals surface area contributed by atoms with Crippen LogP contribution < -0.4 is 10.5 Å². The van der Waals surface area contributed by atoms with Crippen molar-refractivity contribution in [3.63, 3.8) is 0 Å². The van der Waals surface area contributed by atoms with Crippen molar-refractivity contribution in [3.8, 4) is 11.3 Å². The lowest BCUT2D eigenvalue weighted by molar-refractivity contribution is 0.0282. The number of fused-ring (bicyclic) bond motifs is 2. The van der Waals surface area contributed by atoms with Gasteiger partial charge in [-0.1, -0.05) is 43.5 Å². The second-order valence-electron chi connectivity index (χ2n) is 11.3. The minimum absolute atomic E-state index is 0.0862. The summed E-state index contributed by atoms with van der Waals surface area (Å²) in [6, 6.07) is 9.27. The number of halogens is 1. The molecule has 2 saturated heterocycles. The molecule has 0 N–H and O–H groups in total. The van der Waals surface area contributed by atoms with Crippen LogP contribution in [-0.2, 0) is 11.3 Å². The average molecular weight is 526 g/mol. The number of aromatic nitrogens is 3. The third-order valence-corrected chi connectivity index (χ3v) is 7.53. The Hall–Kier alpha value is -3.00. The van der Waals surface area contributed by atoms with Crippen LogP contribution in [-0.4, -0.2) is 56.7 Å². The van der Waals surface area contributed by atoms with E-state index >= 15 is 0 Å². The molecule has 3 aromatic rings. The minimum atomic E-state index is -0.500. The predicted molar refractivity (Wildman–Crippen MR) is 146 cm³/mol. The maximum atomic E-state index is 13.3. The number of aryl methyl sites for hydroxylation is 1. The highest BCUT2D eigenvalue weighted by Gasteiger charge is 2.43. The van der Waals surface area contributed by atoms with E-state index in [9.17, 15) is 9.59 Å². The molecule has 2 unspecified atom stereocenters. The fourth-order valence-corrected chi connectivity index (χ4v) is 5.62. The van der Waals surface area contributed by atoms with Crippen molar-refractivity contribution in [1.82, 2.24) is 18.9 Å². The summed E-state index contributed by atoms with van der Waals surface area (Å²) in [6.07, 6.45) is 4.82. The molecule has 2 atom stereocenters. The summed E-state index contributed by atoms with van der Waals surface area (Å²) in [7, 11) is 0. The van der Waals surface area contributed by atoms with Crippen LogP contribution >= 0.6 is 11.6 Å². The molecule has 0 aliphatic carbocycles. The number of benzene rings is 1. The Morgan fingerprint density at radius 1 is 1.08 bits per heavy atom. The molecule has 8 nitrogen and oxygen atoms in total. The maximum absolute atomic E-state index is 13.3. The number of anilines is 1. The molecule has 2 aromatic heterocycles. The molecular formula is C28H36ClN5O3. The van der Waals surface area contributed by atoms with E-state index in [2.05, 4.69) is 16.4 Å². The summed E-state index contributed by atoms with van der Waals surface area (Å²) in [5.41, 5.74) is 1.09. The summed E-state index contributed by atoms with van der Waals surface area (Å²) >= 11 is 6.07. The van der Waals surface area contributed by atoms with Gasteiger partial charge in [0.05, 0.1) is 5.69 Å². The van der Waals surface area contributed by atoms with Gasteiger partial charge < -0.3 is 14.5 Å². The number of rotatable bonds is 6. The number of amides is 1. The topological polar surface area (TPSA) is 72.1 Å². The number of carbonyl (C=O) groups excluding carboxylic acids is 1. The SMILES string of the molecule is CCCCCn1c(N2CC3CN(C(=O)OC(C)(C)C)CC3C2)cc(=O)n2cc(-c3ccc(Cl)cc3)nc12. The zero-order chi connectivity index (χ0) is 26.3. The van der Waals surface area contributed by atoms with Crippen molar-refractivity contribution in [2.75, 3.05) is 31.1 Å². The lowest BCUT2D eigenvalue weighted by Crippen LogP contribution is -2.38.